The highest BCUT2D eigenvalue weighted by Crippen LogP contribution is 2.27. The van der Waals surface area contributed by atoms with E-state index in [-0.39, 0.29) is 18.2 Å². The van der Waals surface area contributed by atoms with Gasteiger partial charge in [0.05, 0.1) is 0 Å². The molecule has 2 aromatic rings. The van der Waals surface area contributed by atoms with Gasteiger partial charge in [0.25, 0.3) is 0 Å². The van der Waals surface area contributed by atoms with E-state index in [0.717, 1.165) is 42.9 Å². The van der Waals surface area contributed by atoms with Crippen molar-refractivity contribution in [3.63, 3.8) is 0 Å². The Morgan fingerprint density at radius 3 is 2.16 bits per heavy atom. The van der Waals surface area contributed by atoms with Crippen molar-refractivity contribution in [3.05, 3.63) is 71.8 Å². The molecule has 3 N–H and O–H groups in total. The van der Waals surface area contributed by atoms with Crippen LogP contribution in [0.5, 0.6) is 0 Å². The van der Waals surface area contributed by atoms with Crippen molar-refractivity contribution in [2.24, 2.45) is 0 Å². The van der Waals surface area contributed by atoms with Crippen LogP contribution in [-0.2, 0) is 26.4 Å². The predicted octanol–water partition coefficient (Wildman–Crippen LogP) is 4.34. The van der Waals surface area contributed by atoms with Gasteiger partial charge in [-0.05, 0) is 36.1 Å². The molecule has 176 valence electrons. The average Bonchev–Trinajstić information content (AvgIpc) is 2.77. The number of carbonyl (C=O) groups excluding carboxylic acids is 1. The van der Waals surface area contributed by atoms with Gasteiger partial charge in [-0.3, -0.25) is 4.79 Å². The Morgan fingerprint density at radius 2 is 1.53 bits per heavy atom. The fourth-order valence-electron chi connectivity index (χ4n) is 3.15. The largest absolute Gasteiger partial charge is 0.379 e. The van der Waals surface area contributed by atoms with Crippen LogP contribution < -0.4 is 5.32 Å². The maximum absolute atomic E-state index is 11.9. The molecule has 0 spiro atoms. The summed E-state index contributed by atoms with van der Waals surface area (Å²) in [5.41, 5.74) is 2.69. The van der Waals surface area contributed by atoms with E-state index >= 15 is 0 Å². The molecule has 2 rings (SSSR count). The lowest BCUT2D eigenvalue weighted by Gasteiger charge is -2.17. The molecule has 0 aliphatic rings. The summed E-state index contributed by atoms with van der Waals surface area (Å²) >= 11 is 3.96. The zero-order chi connectivity index (χ0) is 23.1. The van der Waals surface area contributed by atoms with Gasteiger partial charge >= 0.3 is 10.1 Å². The van der Waals surface area contributed by atoms with E-state index in [9.17, 15) is 13.2 Å². The SMILES string of the molecule is O=C(CCCCC(CCSCc1ccccc1)SCc1ccccc1)NCCS(=O)(=O)[OH2+]. The minimum Gasteiger partial charge on any atom is -0.355 e. The van der Waals surface area contributed by atoms with Crippen molar-refractivity contribution in [3.8, 4) is 0 Å². The van der Waals surface area contributed by atoms with Crippen molar-refractivity contribution in [1.29, 1.82) is 0 Å². The molecule has 0 radical (unpaired) electrons. The average molecular weight is 497 g/mol. The molecule has 0 aliphatic heterocycles. The summed E-state index contributed by atoms with van der Waals surface area (Å²) in [6.07, 6.45) is 4.37. The van der Waals surface area contributed by atoms with Crippen LogP contribution in [0.4, 0.5) is 0 Å². The molecule has 0 aliphatic carbocycles. The summed E-state index contributed by atoms with van der Waals surface area (Å²) in [7, 11) is -3.78. The molecule has 0 saturated carbocycles. The van der Waals surface area contributed by atoms with Gasteiger partial charge in [-0.25, -0.2) is 0 Å². The zero-order valence-electron chi connectivity index (χ0n) is 18.4. The summed E-state index contributed by atoms with van der Waals surface area (Å²) < 4.78 is 28.5. The Morgan fingerprint density at radius 1 is 0.906 bits per heavy atom. The van der Waals surface area contributed by atoms with Crippen LogP contribution in [-0.4, -0.2) is 42.2 Å². The summed E-state index contributed by atoms with van der Waals surface area (Å²) in [6, 6.07) is 21.0. The van der Waals surface area contributed by atoms with Crippen molar-refractivity contribution in [2.45, 2.75) is 48.9 Å². The molecule has 0 aromatic heterocycles. The first-order valence-corrected chi connectivity index (χ1v) is 14.8. The second-order valence-electron chi connectivity index (χ2n) is 7.66. The number of thioether (sulfide) groups is 2. The molecule has 0 fully saturated rings. The van der Waals surface area contributed by atoms with Crippen LogP contribution >= 0.6 is 23.5 Å². The highest BCUT2D eigenvalue weighted by Gasteiger charge is 2.12. The van der Waals surface area contributed by atoms with E-state index in [1.54, 1.807) is 0 Å². The molecular formula is C24H34NO4S3+. The first-order valence-electron chi connectivity index (χ1n) is 10.9. The lowest BCUT2D eigenvalue weighted by atomic mass is 10.1. The lowest BCUT2D eigenvalue weighted by molar-refractivity contribution is -0.121. The van der Waals surface area contributed by atoms with Gasteiger partial charge in [0.15, 0.2) is 0 Å². The van der Waals surface area contributed by atoms with Gasteiger partial charge in [0, 0.05) is 29.7 Å². The van der Waals surface area contributed by atoms with Crippen molar-refractivity contribution >= 4 is 39.5 Å². The normalized spacial score (nSPS) is 12.4. The van der Waals surface area contributed by atoms with Crippen LogP contribution in [0.15, 0.2) is 60.7 Å². The number of benzene rings is 2. The number of nitrogens with one attached hydrogen (secondary N) is 1. The summed E-state index contributed by atoms with van der Waals surface area (Å²) in [5.74, 6) is 2.67. The molecule has 0 bridgehead atoms. The minimum absolute atomic E-state index is 0.0128. The quantitative estimate of drug-likeness (QED) is 0.276. The first kappa shape index (κ1) is 26.8. The number of unbranched alkanes of at least 4 members (excludes halogenated alkanes) is 1. The Labute approximate surface area is 200 Å². The van der Waals surface area contributed by atoms with Gasteiger partial charge in [-0.15, -0.1) is 0 Å². The molecule has 8 heteroatoms. The fraction of sp³-hybridized carbons (Fsp3) is 0.458. The third kappa shape index (κ3) is 13.2. The van der Waals surface area contributed by atoms with Crippen LogP contribution in [0.2, 0.25) is 0 Å². The molecule has 1 atom stereocenters. The molecule has 2 aromatic carbocycles. The van der Waals surface area contributed by atoms with Crippen molar-refractivity contribution in [1.82, 2.24) is 5.32 Å². The fourth-order valence-corrected chi connectivity index (χ4v) is 5.93. The molecule has 5 nitrogen and oxygen atoms in total. The highest BCUT2D eigenvalue weighted by atomic mass is 32.2. The molecule has 0 heterocycles. The minimum atomic E-state index is -3.78. The van der Waals surface area contributed by atoms with Gasteiger partial charge < -0.3 is 9.87 Å². The van der Waals surface area contributed by atoms with Gasteiger partial charge in [-0.1, -0.05) is 67.1 Å². The second-order valence-corrected chi connectivity index (χ2v) is 11.7. The van der Waals surface area contributed by atoms with Crippen LogP contribution in [0, 0.1) is 0 Å². The van der Waals surface area contributed by atoms with Gasteiger partial charge in [-0.2, -0.15) is 31.9 Å². The number of amides is 1. The summed E-state index contributed by atoms with van der Waals surface area (Å²) in [4.78, 5) is 11.9. The Balaban J connectivity index is 1.69. The number of hydrogen-bond acceptors (Lipinski definition) is 5. The van der Waals surface area contributed by atoms with E-state index in [4.69, 9.17) is 4.55 Å². The standard InChI is InChI=1S/C24H33NO4S3/c26-24(25-16-18-32(27,28)29)14-8-7-13-23(31-20-22-11-5-2-6-12-22)15-17-30-19-21-9-3-1-4-10-21/h1-6,9-12,23H,7-8,13-20H2,(H,25,26)(H,27,28,29)/p+1. The van der Waals surface area contributed by atoms with E-state index in [2.05, 4.69) is 53.8 Å². The highest BCUT2D eigenvalue weighted by molar-refractivity contribution is 7.99. The maximum atomic E-state index is 11.9. The van der Waals surface area contributed by atoms with Crippen molar-refractivity contribution in [2.75, 3.05) is 18.1 Å². The van der Waals surface area contributed by atoms with E-state index in [1.165, 1.54) is 11.1 Å². The molecule has 1 amide bonds. The molecule has 0 saturated heterocycles. The van der Waals surface area contributed by atoms with Gasteiger partial charge in [0.1, 0.15) is 5.75 Å². The van der Waals surface area contributed by atoms with Crippen LogP contribution in [0.25, 0.3) is 0 Å². The Bertz CT molecular complexity index is 877. The molecule has 1 unspecified atom stereocenters. The smallest absolute Gasteiger partial charge is 0.355 e. The summed E-state index contributed by atoms with van der Waals surface area (Å²) in [5, 5.41) is 3.14. The van der Waals surface area contributed by atoms with Gasteiger partial charge in [0.2, 0.25) is 5.91 Å². The lowest BCUT2D eigenvalue weighted by Crippen LogP contribution is -2.28. The number of carbonyl (C=O) groups is 1. The number of rotatable bonds is 16. The Kier molecular flexibility index (Phi) is 12.9. The molecular weight excluding hydrogens is 462 g/mol. The second kappa shape index (κ2) is 15.4. The number of hydrogen-bond donors (Lipinski definition) is 1. The zero-order valence-corrected chi connectivity index (χ0v) is 20.8. The van der Waals surface area contributed by atoms with E-state index < -0.39 is 10.1 Å². The third-order valence-corrected chi connectivity index (χ3v) is 8.14. The Hall–Kier alpha value is -1.48. The van der Waals surface area contributed by atoms with E-state index in [1.807, 2.05) is 35.7 Å². The van der Waals surface area contributed by atoms with E-state index in [0.29, 0.717) is 11.7 Å². The monoisotopic (exact) mass is 496 g/mol. The van der Waals surface area contributed by atoms with Crippen molar-refractivity contribution < 1.29 is 17.8 Å². The van der Waals surface area contributed by atoms with Crippen LogP contribution in [0.3, 0.4) is 0 Å². The maximum Gasteiger partial charge on any atom is 0.379 e. The summed E-state index contributed by atoms with van der Waals surface area (Å²) in [6.45, 7) is 0.0128. The predicted molar refractivity (Wildman–Crippen MR) is 138 cm³/mol. The first-order chi connectivity index (χ1) is 15.4. The molecule has 32 heavy (non-hydrogen) atoms. The third-order valence-electron chi connectivity index (χ3n) is 4.90. The topological polar surface area (TPSA) is 86.1 Å². The van der Waals surface area contributed by atoms with Crippen LogP contribution in [0.1, 0.15) is 43.2 Å².